The number of carbonyl (C=O) groups excluding carboxylic acids is 1. The number of fused-ring (bicyclic) bond motifs is 2. The van der Waals surface area contributed by atoms with Gasteiger partial charge in [-0.15, -0.1) is 12.8 Å². The highest BCUT2D eigenvalue weighted by Crippen LogP contribution is 2.48. The van der Waals surface area contributed by atoms with Crippen LogP contribution >= 0.6 is 0 Å². The standard InChI is InChI=1S/C41H65NO12/c1-14-17-42(18-15-2)28-19-23(5)49-38(31(28)44)53-35-25(7)33(51-30-21-39(10,48-13)34(45)27(9)50-30)26(8)37(46)52-36(41(12,47)29(43)16-3)24(6)32-22(4)20-40(35,11)54-32/h1-2,23-31,33-36,38,43-45,47H,16-21H2,3-13H3/t23?,24-,25-,26+,27?,28?,29+,30-,31?,33-,34-,35+,36+,38-,39?,40+,41+/m0/s1. The second-order valence-electron chi connectivity index (χ2n) is 16.7. The molecule has 0 spiro atoms. The number of esters is 1. The Bertz CT molecular complexity index is 1410. The molecule has 17 atom stereocenters. The number of rotatable bonds is 11. The van der Waals surface area contributed by atoms with Gasteiger partial charge in [0.15, 0.2) is 12.6 Å². The summed E-state index contributed by atoms with van der Waals surface area (Å²) in [6.45, 7) is 18.2. The van der Waals surface area contributed by atoms with E-state index in [-0.39, 0.29) is 32.0 Å². The van der Waals surface area contributed by atoms with Gasteiger partial charge in [-0.05, 0) is 66.9 Å². The molecule has 0 radical (unpaired) electrons. The first-order valence-corrected chi connectivity index (χ1v) is 19.3. The Kier molecular flexibility index (Phi) is 14.4. The summed E-state index contributed by atoms with van der Waals surface area (Å²) in [6.07, 6.45) is 3.13. The predicted molar refractivity (Wildman–Crippen MR) is 199 cm³/mol. The van der Waals surface area contributed by atoms with Gasteiger partial charge in [0.25, 0.3) is 0 Å². The summed E-state index contributed by atoms with van der Waals surface area (Å²) in [5, 5.41) is 45.6. The van der Waals surface area contributed by atoms with Crippen LogP contribution in [0, 0.1) is 42.4 Å². The Morgan fingerprint density at radius 3 is 2.26 bits per heavy atom. The molecule has 4 rings (SSSR count). The third-order valence-electron chi connectivity index (χ3n) is 12.3. The second kappa shape index (κ2) is 17.5. The number of methoxy groups -OCH3 is 1. The van der Waals surface area contributed by atoms with Crippen molar-refractivity contribution in [2.75, 3.05) is 20.2 Å². The summed E-state index contributed by atoms with van der Waals surface area (Å²) >= 11 is 0. The third kappa shape index (κ3) is 8.82. The Morgan fingerprint density at radius 2 is 1.69 bits per heavy atom. The molecular weight excluding hydrogens is 698 g/mol. The second-order valence-corrected chi connectivity index (χ2v) is 16.7. The van der Waals surface area contributed by atoms with Gasteiger partial charge in [0.05, 0.1) is 54.9 Å². The number of aliphatic hydroxyl groups is 4. The molecule has 0 aliphatic carbocycles. The van der Waals surface area contributed by atoms with Crippen molar-refractivity contribution in [3.8, 4) is 24.7 Å². The van der Waals surface area contributed by atoms with Gasteiger partial charge in [-0.1, -0.05) is 32.6 Å². The lowest BCUT2D eigenvalue weighted by atomic mass is 9.78. The molecule has 306 valence electrons. The highest BCUT2D eigenvalue weighted by Gasteiger charge is 2.57. The molecule has 13 nitrogen and oxygen atoms in total. The fraction of sp³-hybridized carbons (Fsp3) is 0.829. The van der Waals surface area contributed by atoms with Gasteiger partial charge >= 0.3 is 5.97 Å². The van der Waals surface area contributed by atoms with E-state index in [4.69, 9.17) is 46.0 Å². The molecule has 13 heteroatoms. The number of terminal acetylenes is 2. The maximum atomic E-state index is 14.4. The molecule has 4 aliphatic rings. The molecular formula is C41H65NO12. The summed E-state index contributed by atoms with van der Waals surface area (Å²) in [7, 11) is 1.51. The minimum Gasteiger partial charge on any atom is -0.488 e. The van der Waals surface area contributed by atoms with Crippen LogP contribution in [0.5, 0.6) is 0 Å². The van der Waals surface area contributed by atoms with Crippen molar-refractivity contribution in [3.05, 3.63) is 11.3 Å². The number of hydrogen-bond donors (Lipinski definition) is 4. The molecule has 0 aromatic rings. The zero-order valence-corrected chi connectivity index (χ0v) is 34.0. The normalized spacial score (nSPS) is 43.6. The molecule has 0 saturated carbocycles. The number of carbonyl (C=O) groups is 1. The van der Waals surface area contributed by atoms with E-state index in [2.05, 4.69) is 11.8 Å². The van der Waals surface area contributed by atoms with Crippen molar-refractivity contribution in [3.63, 3.8) is 0 Å². The van der Waals surface area contributed by atoms with E-state index in [1.54, 1.807) is 34.6 Å². The Labute approximate surface area is 322 Å². The van der Waals surface area contributed by atoms with Gasteiger partial charge in [-0.2, -0.15) is 0 Å². The number of cyclic esters (lactones) is 1. The number of aliphatic hydroxyl groups excluding tert-OH is 3. The van der Waals surface area contributed by atoms with Crippen LogP contribution in [-0.4, -0.2) is 136 Å². The molecule has 3 saturated heterocycles. The average Bonchev–Trinajstić information content (AvgIpc) is 3.43. The summed E-state index contributed by atoms with van der Waals surface area (Å²) in [5.74, 6) is 2.79. The van der Waals surface area contributed by atoms with Crippen LogP contribution in [0.2, 0.25) is 0 Å². The smallest absolute Gasteiger partial charge is 0.311 e. The Morgan fingerprint density at radius 1 is 1.06 bits per heavy atom. The Hall–Kier alpha value is -2.27. The van der Waals surface area contributed by atoms with Crippen LogP contribution in [0.15, 0.2) is 11.3 Å². The number of hydrogen-bond acceptors (Lipinski definition) is 13. The fourth-order valence-electron chi connectivity index (χ4n) is 9.10. The predicted octanol–water partition coefficient (Wildman–Crippen LogP) is 2.90. The minimum atomic E-state index is -1.85. The van der Waals surface area contributed by atoms with Crippen molar-refractivity contribution in [1.29, 1.82) is 0 Å². The lowest BCUT2D eigenvalue weighted by Crippen LogP contribution is -2.60. The number of ether oxygens (including phenoxy) is 7. The quantitative estimate of drug-likeness (QED) is 0.180. The minimum absolute atomic E-state index is 0.144. The van der Waals surface area contributed by atoms with Crippen molar-refractivity contribution in [2.24, 2.45) is 17.8 Å². The summed E-state index contributed by atoms with van der Waals surface area (Å²) in [5.41, 5.74) is -3.12. The van der Waals surface area contributed by atoms with Crippen molar-refractivity contribution in [1.82, 2.24) is 4.90 Å². The summed E-state index contributed by atoms with van der Waals surface area (Å²) in [4.78, 5) is 16.2. The van der Waals surface area contributed by atoms with E-state index in [0.717, 1.165) is 5.57 Å². The van der Waals surface area contributed by atoms with Crippen molar-refractivity contribution < 1.29 is 58.4 Å². The first-order valence-electron chi connectivity index (χ1n) is 19.3. The van der Waals surface area contributed by atoms with Gasteiger partial charge in [0, 0.05) is 31.9 Å². The van der Waals surface area contributed by atoms with E-state index < -0.39 is 102 Å². The zero-order valence-electron chi connectivity index (χ0n) is 34.0. The van der Waals surface area contributed by atoms with E-state index in [9.17, 15) is 25.2 Å². The van der Waals surface area contributed by atoms with E-state index >= 15 is 0 Å². The lowest BCUT2D eigenvalue weighted by Gasteiger charge is -2.48. The van der Waals surface area contributed by atoms with Gasteiger partial charge in [0.2, 0.25) is 0 Å². The van der Waals surface area contributed by atoms with Crippen LogP contribution in [0.25, 0.3) is 0 Å². The van der Waals surface area contributed by atoms with Crippen molar-refractivity contribution in [2.45, 2.75) is 179 Å². The maximum Gasteiger partial charge on any atom is 0.311 e. The molecule has 54 heavy (non-hydrogen) atoms. The first kappa shape index (κ1) is 44.4. The van der Waals surface area contributed by atoms with E-state index in [0.29, 0.717) is 18.6 Å². The molecule has 0 aromatic heterocycles. The molecule has 4 heterocycles. The SMILES string of the molecule is C#CCN(CC#C)C1CC(C)O[C@@H](O[C@@H]2[C@@H](C)[C@H](O[C@H]3CC(C)(OC)[C@@H](O)C(C)O3)[C@@H](C)C(=O)O[C@@H]([C@](C)(O)[C@H](O)CC)[C@@H](C)C3=C(C)C[C@@]2(C)O3)C1O. The molecule has 0 amide bonds. The molecule has 4 N–H and O–H groups in total. The lowest BCUT2D eigenvalue weighted by molar-refractivity contribution is -0.316. The molecule has 4 aliphatic heterocycles. The largest absolute Gasteiger partial charge is 0.488 e. The monoisotopic (exact) mass is 763 g/mol. The van der Waals surface area contributed by atoms with Crippen LogP contribution in [0.3, 0.4) is 0 Å². The first-order chi connectivity index (χ1) is 25.2. The average molecular weight is 764 g/mol. The highest BCUT2D eigenvalue weighted by molar-refractivity contribution is 5.73. The zero-order chi connectivity index (χ0) is 40.5. The number of nitrogens with zero attached hydrogens (tertiary/aromatic N) is 1. The van der Waals surface area contributed by atoms with Crippen LogP contribution in [-0.2, 0) is 38.0 Å². The summed E-state index contributed by atoms with van der Waals surface area (Å²) in [6, 6.07) is -0.471. The molecule has 2 bridgehead atoms. The fourth-order valence-corrected chi connectivity index (χ4v) is 9.10. The van der Waals surface area contributed by atoms with Crippen molar-refractivity contribution >= 4 is 5.97 Å². The molecule has 3 fully saturated rings. The van der Waals surface area contributed by atoms with E-state index in [1.807, 2.05) is 32.6 Å². The van der Waals surface area contributed by atoms with Gasteiger partial charge in [-0.3, -0.25) is 9.69 Å². The van der Waals surface area contributed by atoms with E-state index in [1.165, 1.54) is 14.0 Å². The van der Waals surface area contributed by atoms with Crippen LogP contribution in [0.4, 0.5) is 0 Å². The Balaban J connectivity index is 1.84. The van der Waals surface area contributed by atoms with Gasteiger partial charge in [0.1, 0.15) is 41.4 Å². The van der Waals surface area contributed by atoms with Gasteiger partial charge in [-0.25, -0.2) is 0 Å². The highest BCUT2D eigenvalue weighted by atomic mass is 16.7. The molecule has 5 unspecified atom stereocenters. The summed E-state index contributed by atoms with van der Waals surface area (Å²) < 4.78 is 45.0. The van der Waals surface area contributed by atoms with Crippen LogP contribution < -0.4 is 0 Å². The third-order valence-corrected chi connectivity index (χ3v) is 12.3. The maximum absolute atomic E-state index is 14.4. The van der Waals surface area contributed by atoms with Crippen LogP contribution in [0.1, 0.15) is 94.9 Å². The molecule has 0 aromatic carbocycles. The topological polar surface area (TPSA) is 166 Å². The van der Waals surface area contributed by atoms with Gasteiger partial charge < -0.3 is 53.6 Å².